The van der Waals surface area contributed by atoms with Crippen molar-refractivity contribution in [2.45, 2.75) is 26.5 Å². The maximum atomic E-state index is 12.1. The number of hydrogen-bond acceptors (Lipinski definition) is 5. The third-order valence-corrected chi connectivity index (χ3v) is 4.32. The van der Waals surface area contributed by atoms with Crippen LogP contribution in [-0.4, -0.2) is 42.2 Å². The Morgan fingerprint density at radius 1 is 1.33 bits per heavy atom. The van der Waals surface area contributed by atoms with Crippen LogP contribution in [0.5, 0.6) is 0 Å². The number of ether oxygens (including phenoxy) is 1. The van der Waals surface area contributed by atoms with E-state index in [4.69, 9.17) is 10.1 Å². The van der Waals surface area contributed by atoms with Crippen molar-refractivity contribution in [1.29, 1.82) is 5.41 Å². The van der Waals surface area contributed by atoms with Crippen molar-refractivity contribution >= 4 is 17.7 Å². The first-order valence-corrected chi connectivity index (χ1v) is 7.93. The molecular formula is C18H23N3O3. The number of amides is 2. The fraction of sp³-hybridized carbons (Fsp3) is 0.389. The zero-order valence-electron chi connectivity index (χ0n) is 14.2. The number of carbonyl (C=O) groups excluding carboxylic acids is 2. The number of imide groups is 1. The van der Waals surface area contributed by atoms with Crippen LogP contribution in [-0.2, 0) is 16.1 Å². The maximum Gasteiger partial charge on any atom is 0.417 e. The largest absolute Gasteiger partial charge is 0.444 e. The van der Waals surface area contributed by atoms with Gasteiger partial charge in [-0.2, -0.15) is 0 Å². The van der Waals surface area contributed by atoms with Crippen molar-refractivity contribution in [2.75, 3.05) is 13.6 Å². The van der Waals surface area contributed by atoms with Gasteiger partial charge >= 0.3 is 6.09 Å². The number of benzene rings is 1. The third kappa shape index (κ3) is 4.08. The summed E-state index contributed by atoms with van der Waals surface area (Å²) in [6.45, 7) is 4.10. The number of carbonyl (C=O) groups is 2. The zero-order chi connectivity index (χ0) is 17.7. The Bertz CT molecular complexity index is 655. The summed E-state index contributed by atoms with van der Waals surface area (Å²) in [6, 6.07) is 9.39. The van der Waals surface area contributed by atoms with Crippen LogP contribution >= 0.6 is 0 Å². The minimum Gasteiger partial charge on any atom is -0.444 e. The molecule has 1 heterocycles. The standard InChI is InChI=1S/C18H23N3O3/c1-12(13(2)20-3)17(19)15-9-16(22)21(10-15)18(23)24-11-14-7-5-4-6-8-14/h4-9,12-13,19-20H,10-11H2,1-3H3/t12?,13-/m1/s1. The van der Waals surface area contributed by atoms with E-state index in [0.29, 0.717) is 11.3 Å². The van der Waals surface area contributed by atoms with Gasteiger partial charge in [0.05, 0.1) is 6.54 Å². The molecule has 0 fully saturated rings. The summed E-state index contributed by atoms with van der Waals surface area (Å²) in [5, 5.41) is 11.3. The molecule has 6 heteroatoms. The van der Waals surface area contributed by atoms with Gasteiger partial charge in [0, 0.05) is 23.7 Å². The maximum absolute atomic E-state index is 12.1. The lowest BCUT2D eigenvalue weighted by atomic mass is 9.93. The SMILES string of the molecule is CN[C@H](C)C(C)C(=N)C1=CC(=O)N(C(=O)OCc2ccccc2)C1. The summed E-state index contributed by atoms with van der Waals surface area (Å²) >= 11 is 0. The fourth-order valence-electron chi connectivity index (χ4n) is 2.43. The summed E-state index contributed by atoms with van der Waals surface area (Å²) < 4.78 is 5.19. The number of rotatable bonds is 6. The second kappa shape index (κ2) is 7.88. The summed E-state index contributed by atoms with van der Waals surface area (Å²) in [5.74, 6) is -0.494. The highest BCUT2D eigenvalue weighted by Gasteiger charge is 2.32. The van der Waals surface area contributed by atoms with Crippen LogP contribution in [0.4, 0.5) is 4.79 Å². The first kappa shape index (κ1) is 17.9. The van der Waals surface area contributed by atoms with Crippen LogP contribution in [0.1, 0.15) is 19.4 Å². The van der Waals surface area contributed by atoms with Crippen LogP contribution in [0.3, 0.4) is 0 Å². The molecular weight excluding hydrogens is 306 g/mol. The van der Waals surface area contributed by atoms with Crippen molar-refractivity contribution in [3.8, 4) is 0 Å². The van der Waals surface area contributed by atoms with E-state index in [1.807, 2.05) is 51.2 Å². The average Bonchev–Trinajstić information content (AvgIpc) is 3.00. The minimum absolute atomic E-state index is 0.0608. The van der Waals surface area contributed by atoms with Gasteiger partial charge in [0.15, 0.2) is 0 Å². The molecule has 0 aliphatic carbocycles. The van der Waals surface area contributed by atoms with Gasteiger partial charge in [0.25, 0.3) is 5.91 Å². The second-order valence-electron chi connectivity index (χ2n) is 5.91. The molecule has 2 amide bonds. The number of nitrogens with zero attached hydrogens (tertiary/aromatic N) is 1. The van der Waals surface area contributed by atoms with Crippen molar-refractivity contribution < 1.29 is 14.3 Å². The van der Waals surface area contributed by atoms with Crippen LogP contribution in [0.25, 0.3) is 0 Å². The van der Waals surface area contributed by atoms with Gasteiger partial charge in [-0.1, -0.05) is 37.3 Å². The smallest absolute Gasteiger partial charge is 0.417 e. The molecule has 128 valence electrons. The van der Waals surface area contributed by atoms with E-state index in [-0.39, 0.29) is 25.1 Å². The van der Waals surface area contributed by atoms with Gasteiger partial charge in [-0.05, 0) is 25.1 Å². The lowest BCUT2D eigenvalue weighted by molar-refractivity contribution is -0.123. The van der Waals surface area contributed by atoms with Crippen LogP contribution in [0.2, 0.25) is 0 Å². The first-order valence-electron chi connectivity index (χ1n) is 7.93. The van der Waals surface area contributed by atoms with E-state index in [9.17, 15) is 9.59 Å². The van der Waals surface area contributed by atoms with E-state index in [1.54, 1.807) is 0 Å². The Balaban J connectivity index is 1.94. The van der Waals surface area contributed by atoms with Gasteiger partial charge < -0.3 is 15.5 Å². The summed E-state index contributed by atoms with van der Waals surface area (Å²) in [4.78, 5) is 25.2. The second-order valence-corrected chi connectivity index (χ2v) is 5.91. The number of hydrogen-bond donors (Lipinski definition) is 2. The lowest BCUT2D eigenvalue weighted by Crippen LogP contribution is -2.36. The normalized spacial score (nSPS) is 16.5. The molecule has 2 N–H and O–H groups in total. The molecule has 0 saturated carbocycles. The van der Waals surface area contributed by atoms with E-state index in [2.05, 4.69) is 5.32 Å². The highest BCUT2D eigenvalue weighted by Crippen LogP contribution is 2.19. The molecule has 2 atom stereocenters. The van der Waals surface area contributed by atoms with E-state index in [1.165, 1.54) is 6.08 Å². The molecule has 0 aromatic heterocycles. The van der Waals surface area contributed by atoms with Crippen LogP contribution in [0.15, 0.2) is 42.0 Å². The van der Waals surface area contributed by atoms with Gasteiger partial charge in [-0.3, -0.25) is 4.79 Å². The molecule has 6 nitrogen and oxygen atoms in total. The Kier molecular flexibility index (Phi) is 5.87. The summed E-state index contributed by atoms with van der Waals surface area (Å²) in [6.07, 6.45) is 0.669. The van der Waals surface area contributed by atoms with Gasteiger partial charge in [0.2, 0.25) is 0 Å². The quantitative estimate of drug-likeness (QED) is 0.785. The molecule has 24 heavy (non-hydrogen) atoms. The van der Waals surface area contributed by atoms with E-state index < -0.39 is 12.0 Å². The Hall–Kier alpha value is -2.47. The first-order chi connectivity index (χ1) is 11.4. The molecule has 0 saturated heterocycles. The molecule has 1 unspecified atom stereocenters. The van der Waals surface area contributed by atoms with Gasteiger partial charge in [0.1, 0.15) is 6.61 Å². The van der Waals surface area contributed by atoms with E-state index in [0.717, 1.165) is 10.5 Å². The topological polar surface area (TPSA) is 82.5 Å². The van der Waals surface area contributed by atoms with Gasteiger partial charge in [-0.25, -0.2) is 9.69 Å². The molecule has 0 bridgehead atoms. The van der Waals surface area contributed by atoms with E-state index >= 15 is 0 Å². The Labute approximate surface area is 142 Å². The molecule has 0 radical (unpaired) electrons. The lowest BCUT2D eigenvalue weighted by Gasteiger charge is -2.21. The van der Waals surface area contributed by atoms with Crippen molar-refractivity contribution in [2.24, 2.45) is 5.92 Å². The third-order valence-electron chi connectivity index (χ3n) is 4.32. The van der Waals surface area contributed by atoms with Crippen molar-refractivity contribution in [3.63, 3.8) is 0 Å². The average molecular weight is 329 g/mol. The number of nitrogens with one attached hydrogen (secondary N) is 2. The molecule has 1 aromatic rings. The summed E-state index contributed by atoms with van der Waals surface area (Å²) in [5.41, 5.74) is 1.78. The highest BCUT2D eigenvalue weighted by molar-refractivity contribution is 6.11. The van der Waals surface area contributed by atoms with Crippen LogP contribution < -0.4 is 5.32 Å². The molecule has 1 aromatic carbocycles. The predicted molar refractivity (Wildman–Crippen MR) is 91.8 cm³/mol. The molecule has 2 rings (SSSR count). The molecule has 1 aliphatic heterocycles. The molecule has 1 aliphatic rings. The Morgan fingerprint density at radius 2 is 2.00 bits per heavy atom. The predicted octanol–water partition coefficient (Wildman–Crippen LogP) is 2.36. The zero-order valence-corrected chi connectivity index (χ0v) is 14.2. The monoisotopic (exact) mass is 329 g/mol. The highest BCUT2D eigenvalue weighted by atomic mass is 16.6. The minimum atomic E-state index is -0.683. The van der Waals surface area contributed by atoms with Crippen molar-refractivity contribution in [1.82, 2.24) is 10.2 Å². The van der Waals surface area contributed by atoms with Crippen LogP contribution in [0, 0.1) is 11.3 Å². The summed E-state index contributed by atoms with van der Waals surface area (Å²) in [7, 11) is 1.83. The van der Waals surface area contributed by atoms with Crippen molar-refractivity contribution in [3.05, 3.63) is 47.5 Å². The Morgan fingerprint density at radius 3 is 2.62 bits per heavy atom. The molecule has 0 spiro atoms. The fourth-order valence-corrected chi connectivity index (χ4v) is 2.43. The van der Waals surface area contributed by atoms with Gasteiger partial charge in [-0.15, -0.1) is 0 Å².